The normalized spacial score (nSPS) is 21.1. The zero-order chi connectivity index (χ0) is 19.9. The van der Waals surface area contributed by atoms with Crippen LogP contribution in [0.2, 0.25) is 0 Å². The number of amidine groups is 1. The first-order chi connectivity index (χ1) is 12.7. The molecule has 1 N–H and O–H groups in total. The van der Waals surface area contributed by atoms with Crippen molar-refractivity contribution >= 4 is 40.3 Å². The van der Waals surface area contributed by atoms with E-state index in [4.69, 9.17) is 0 Å². The SMILES string of the molecule is CC(=O)NC1=NN(C(C)=O)[C@]2(S1)C(=O)N(CCC(C)C)c1ccc(C)cc12. The van der Waals surface area contributed by atoms with E-state index in [2.05, 4.69) is 24.3 Å². The highest BCUT2D eigenvalue weighted by atomic mass is 32.2. The standard InChI is InChI=1S/C19H24N4O3S/c1-11(2)8-9-22-16-7-6-12(3)10-15(16)19(17(22)26)23(14(5)25)21-18(27-19)20-13(4)24/h6-7,10-11H,8-9H2,1-5H3,(H,20,21,24)/t19-/m1/s1. The van der Waals surface area contributed by atoms with Gasteiger partial charge in [0, 0.05) is 26.0 Å². The van der Waals surface area contributed by atoms with Crippen LogP contribution in [0.3, 0.4) is 0 Å². The van der Waals surface area contributed by atoms with Gasteiger partial charge in [0.25, 0.3) is 5.91 Å². The maximum atomic E-state index is 13.6. The van der Waals surface area contributed by atoms with Crippen molar-refractivity contribution in [1.82, 2.24) is 10.3 Å². The summed E-state index contributed by atoms with van der Waals surface area (Å²) in [6, 6.07) is 5.81. The first kappa shape index (κ1) is 19.4. The number of hydrazone groups is 1. The number of thioether (sulfide) groups is 1. The number of aryl methyl sites for hydroxylation is 1. The lowest BCUT2D eigenvalue weighted by Crippen LogP contribution is -2.48. The Morgan fingerprint density at radius 2 is 2.00 bits per heavy atom. The lowest BCUT2D eigenvalue weighted by atomic mass is 10.0. The van der Waals surface area contributed by atoms with Crippen LogP contribution in [0, 0.1) is 12.8 Å². The third-order valence-corrected chi connectivity index (χ3v) is 5.83. The van der Waals surface area contributed by atoms with E-state index < -0.39 is 4.87 Å². The largest absolute Gasteiger partial charge is 0.309 e. The Morgan fingerprint density at radius 3 is 2.59 bits per heavy atom. The highest BCUT2D eigenvalue weighted by Crippen LogP contribution is 2.54. The van der Waals surface area contributed by atoms with Crippen LogP contribution < -0.4 is 10.2 Å². The molecule has 2 aliphatic rings. The van der Waals surface area contributed by atoms with Crippen molar-refractivity contribution in [1.29, 1.82) is 0 Å². The Hall–Kier alpha value is -2.35. The molecule has 144 valence electrons. The Morgan fingerprint density at radius 1 is 1.30 bits per heavy atom. The molecular formula is C19H24N4O3S. The number of nitrogens with zero attached hydrogens (tertiary/aromatic N) is 3. The summed E-state index contributed by atoms with van der Waals surface area (Å²) in [6.07, 6.45) is 0.847. The van der Waals surface area contributed by atoms with Crippen LogP contribution in [0.5, 0.6) is 0 Å². The van der Waals surface area contributed by atoms with Gasteiger partial charge in [0.2, 0.25) is 16.7 Å². The van der Waals surface area contributed by atoms with Gasteiger partial charge in [-0.2, -0.15) is 5.01 Å². The predicted molar refractivity (Wildman–Crippen MR) is 106 cm³/mol. The monoisotopic (exact) mass is 388 g/mol. The number of rotatable bonds is 3. The highest BCUT2D eigenvalue weighted by molar-refractivity contribution is 8.15. The van der Waals surface area contributed by atoms with Crippen LogP contribution in [0.15, 0.2) is 23.3 Å². The second-order valence-electron chi connectivity index (χ2n) is 7.32. The number of carbonyl (C=O) groups is 3. The van der Waals surface area contributed by atoms with Crippen LogP contribution in [0.4, 0.5) is 5.69 Å². The number of anilines is 1. The topological polar surface area (TPSA) is 82.1 Å². The zero-order valence-electron chi connectivity index (χ0n) is 16.2. The molecule has 0 radical (unpaired) electrons. The molecule has 7 nitrogen and oxygen atoms in total. The van der Waals surface area contributed by atoms with E-state index in [0.29, 0.717) is 12.5 Å². The second kappa shape index (κ2) is 6.99. The number of hydrogen-bond donors (Lipinski definition) is 1. The summed E-state index contributed by atoms with van der Waals surface area (Å²) in [6.45, 7) is 9.48. The van der Waals surface area contributed by atoms with Gasteiger partial charge in [0.05, 0.1) is 5.69 Å². The zero-order valence-corrected chi connectivity index (χ0v) is 17.0. The lowest BCUT2D eigenvalue weighted by Gasteiger charge is -2.29. The van der Waals surface area contributed by atoms with Crippen molar-refractivity contribution in [2.24, 2.45) is 11.0 Å². The van der Waals surface area contributed by atoms with Crippen molar-refractivity contribution in [3.05, 3.63) is 29.3 Å². The molecular weight excluding hydrogens is 364 g/mol. The van der Waals surface area contributed by atoms with Gasteiger partial charge in [-0.3, -0.25) is 14.4 Å². The molecule has 1 spiro atoms. The molecule has 1 atom stereocenters. The Kier molecular flexibility index (Phi) is 5.03. The number of amides is 3. The minimum Gasteiger partial charge on any atom is -0.309 e. The number of fused-ring (bicyclic) bond motifs is 2. The summed E-state index contributed by atoms with van der Waals surface area (Å²) >= 11 is 1.11. The first-order valence-corrected chi connectivity index (χ1v) is 9.77. The van der Waals surface area contributed by atoms with Crippen LogP contribution in [0.25, 0.3) is 0 Å². The molecule has 1 aromatic rings. The Balaban J connectivity index is 2.11. The van der Waals surface area contributed by atoms with E-state index in [1.54, 1.807) is 4.90 Å². The fourth-order valence-corrected chi connectivity index (χ4v) is 4.66. The molecule has 0 aromatic heterocycles. The van der Waals surface area contributed by atoms with Crippen LogP contribution in [-0.4, -0.2) is 34.4 Å². The van der Waals surface area contributed by atoms with Gasteiger partial charge in [-0.25, -0.2) is 0 Å². The predicted octanol–water partition coefficient (Wildman–Crippen LogP) is 2.54. The fourth-order valence-electron chi connectivity index (χ4n) is 3.33. The highest BCUT2D eigenvalue weighted by Gasteiger charge is 2.61. The van der Waals surface area contributed by atoms with E-state index in [1.807, 2.05) is 25.1 Å². The quantitative estimate of drug-likeness (QED) is 0.863. The molecule has 0 fully saturated rings. The van der Waals surface area contributed by atoms with Crippen molar-refractivity contribution in [2.45, 2.75) is 45.9 Å². The summed E-state index contributed by atoms with van der Waals surface area (Å²) in [4.78, 5) is 37.9. The Bertz CT molecular complexity index is 851. The summed E-state index contributed by atoms with van der Waals surface area (Å²) in [5.41, 5.74) is 2.52. The molecule has 27 heavy (non-hydrogen) atoms. The van der Waals surface area contributed by atoms with Gasteiger partial charge in [0.15, 0.2) is 5.17 Å². The first-order valence-electron chi connectivity index (χ1n) is 8.96. The van der Waals surface area contributed by atoms with Crippen LogP contribution in [0.1, 0.15) is 45.2 Å². The average Bonchev–Trinajstić information content (AvgIpc) is 3.04. The lowest BCUT2D eigenvalue weighted by molar-refractivity contribution is -0.139. The van der Waals surface area contributed by atoms with Crippen molar-refractivity contribution in [2.75, 3.05) is 11.4 Å². The molecule has 0 aliphatic carbocycles. The summed E-state index contributed by atoms with van der Waals surface area (Å²) in [7, 11) is 0. The summed E-state index contributed by atoms with van der Waals surface area (Å²) in [5, 5.41) is 8.33. The molecule has 1 aromatic carbocycles. The maximum absolute atomic E-state index is 13.6. The van der Waals surface area contributed by atoms with Gasteiger partial charge in [-0.05, 0) is 37.1 Å². The van der Waals surface area contributed by atoms with Gasteiger partial charge < -0.3 is 10.2 Å². The number of nitrogens with one attached hydrogen (secondary N) is 1. The van der Waals surface area contributed by atoms with E-state index in [1.165, 1.54) is 18.9 Å². The maximum Gasteiger partial charge on any atom is 0.270 e. The molecule has 0 saturated heterocycles. The van der Waals surface area contributed by atoms with Gasteiger partial charge in [-0.1, -0.05) is 31.5 Å². The number of hydrogen-bond acceptors (Lipinski definition) is 5. The van der Waals surface area contributed by atoms with Crippen molar-refractivity contribution in [3.63, 3.8) is 0 Å². The third kappa shape index (κ3) is 3.22. The van der Waals surface area contributed by atoms with E-state index in [9.17, 15) is 14.4 Å². The smallest absolute Gasteiger partial charge is 0.270 e. The molecule has 0 unspecified atom stereocenters. The number of carbonyl (C=O) groups excluding carboxylic acids is 3. The fraction of sp³-hybridized carbons (Fsp3) is 0.474. The van der Waals surface area contributed by atoms with Crippen LogP contribution in [-0.2, 0) is 19.3 Å². The minimum atomic E-state index is -1.30. The molecule has 0 bridgehead atoms. The molecule has 3 amide bonds. The molecule has 2 aliphatic heterocycles. The second-order valence-corrected chi connectivity index (χ2v) is 8.50. The average molecular weight is 388 g/mol. The number of benzene rings is 1. The molecule has 8 heteroatoms. The summed E-state index contributed by atoms with van der Waals surface area (Å²) in [5.74, 6) is -0.412. The van der Waals surface area contributed by atoms with Crippen molar-refractivity contribution in [3.8, 4) is 0 Å². The van der Waals surface area contributed by atoms with E-state index >= 15 is 0 Å². The van der Waals surface area contributed by atoms with Gasteiger partial charge in [0.1, 0.15) is 0 Å². The van der Waals surface area contributed by atoms with E-state index in [0.717, 1.165) is 35.0 Å². The van der Waals surface area contributed by atoms with Crippen LogP contribution >= 0.6 is 11.8 Å². The van der Waals surface area contributed by atoms with E-state index in [-0.39, 0.29) is 22.9 Å². The minimum absolute atomic E-state index is 0.201. The molecule has 3 rings (SSSR count). The molecule has 0 saturated carbocycles. The summed E-state index contributed by atoms with van der Waals surface area (Å²) < 4.78 is 0. The Labute approximate surface area is 163 Å². The van der Waals surface area contributed by atoms with Crippen molar-refractivity contribution < 1.29 is 14.4 Å². The van der Waals surface area contributed by atoms with Gasteiger partial charge in [-0.15, -0.1) is 5.10 Å². The third-order valence-electron chi connectivity index (χ3n) is 4.59. The molecule has 2 heterocycles. The van der Waals surface area contributed by atoms with Gasteiger partial charge >= 0.3 is 0 Å².